The highest BCUT2D eigenvalue weighted by Gasteiger charge is 2.25. The highest BCUT2D eigenvalue weighted by Crippen LogP contribution is 2.28. The third-order valence-electron chi connectivity index (χ3n) is 6.81. The van der Waals surface area contributed by atoms with E-state index >= 15 is 0 Å². The number of carbonyl (C=O) groups is 1. The molecule has 3 aromatic rings. The van der Waals surface area contributed by atoms with Gasteiger partial charge in [0.05, 0.1) is 17.6 Å². The molecule has 1 N–H and O–H groups in total. The summed E-state index contributed by atoms with van der Waals surface area (Å²) in [6.45, 7) is 5.02. The Kier molecular flexibility index (Phi) is 5.30. The molecule has 1 atom stereocenters. The summed E-state index contributed by atoms with van der Waals surface area (Å²) in [7, 11) is 0. The zero-order valence-electron chi connectivity index (χ0n) is 17.7. The number of rotatable bonds is 4. The molecule has 1 saturated carbocycles. The number of aromatic nitrogens is 2. The molecule has 1 aromatic heterocycles. The van der Waals surface area contributed by atoms with E-state index in [2.05, 4.69) is 58.1 Å². The molecule has 30 heavy (non-hydrogen) atoms. The van der Waals surface area contributed by atoms with Gasteiger partial charge in [-0.05, 0) is 43.5 Å². The number of nitrogens with one attached hydrogen (secondary N) is 1. The van der Waals surface area contributed by atoms with Crippen molar-refractivity contribution in [2.45, 2.75) is 64.2 Å². The van der Waals surface area contributed by atoms with Gasteiger partial charge in [-0.25, -0.2) is 4.98 Å². The zero-order chi connectivity index (χ0) is 20.5. The second-order valence-electron chi connectivity index (χ2n) is 8.75. The first-order valence-corrected chi connectivity index (χ1v) is 11.3. The summed E-state index contributed by atoms with van der Waals surface area (Å²) >= 11 is 0. The molecular formula is C25H30N4O. The van der Waals surface area contributed by atoms with Crippen molar-refractivity contribution < 1.29 is 4.79 Å². The van der Waals surface area contributed by atoms with Crippen LogP contribution in [0.4, 0.5) is 0 Å². The Hall–Kier alpha value is -2.66. The van der Waals surface area contributed by atoms with E-state index in [1.54, 1.807) is 0 Å². The van der Waals surface area contributed by atoms with Gasteiger partial charge in [-0.15, -0.1) is 0 Å². The molecule has 5 nitrogen and oxygen atoms in total. The maximum absolute atomic E-state index is 12.7. The minimum Gasteiger partial charge on any atom is -0.349 e. The van der Waals surface area contributed by atoms with Crippen molar-refractivity contribution in [3.63, 3.8) is 0 Å². The first kappa shape index (κ1) is 19.3. The number of hydrogen-bond acceptors (Lipinski definition) is 3. The van der Waals surface area contributed by atoms with Crippen LogP contribution in [0.1, 0.15) is 66.8 Å². The SMILES string of the molecule is CC(c1ccccc1)N1CCn2c(nc3cc(C(=O)NC4CCCCC4)ccc32)C1. The fourth-order valence-corrected chi connectivity index (χ4v) is 4.97. The third-order valence-corrected chi connectivity index (χ3v) is 6.81. The molecule has 2 aromatic carbocycles. The van der Waals surface area contributed by atoms with Crippen molar-refractivity contribution in [2.24, 2.45) is 0 Å². The maximum atomic E-state index is 12.7. The molecular weight excluding hydrogens is 372 g/mol. The highest BCUT2D eigenvalue weighted by atomic mass is 16.1. The molecule has 0 saturated heterocycles. The number of carbonyl (C=O) groups excluding carboxylic acids is 1. The Labute approximate surface area is 178 Å². The van der Waals surface area contributed by atoms with Gasteiger partial charge in [-0.3, -0.25) is 9.69 Å². The number of fused-ring (bicyclic) bond motifs is 3. The van der Waals surface area contributed by atoms with Crippen molar-refractivity contribution in [2.75, 3.05) is 6.54 Å². The van der Waals surface area contributed by atoms with E-state index in [-0.39, 0.29) is 5.91 Å². The quantitative estimate of drug-likeness (QED) is 0.690. The average molecular weight is 403 g/mol. The monoisotopic (exact) mass is 402 g/mol. The van der Waals surface area contributed by atoms with E-state index in [0.29, 0.717) is 12.1 Å². The van der Waals surface area contributed by atoms with Gasteiger partial charge < -0.3 is 9.88 Å². The van der Waals surface area contributed by atoms with Crippen LogP contribution >= 0.6 is 0 Å². The van der Waals surface area contributed by atoms with Crippen molar-refractivity contribution in [1.82, 2.24) is 19.8 Å². The molecule has 156 valence electrons. The number of benzene rings is 2. The van der Waals surface area contributed by atoms with Crippen LogP contribution in [0.5, 0.6) is 0 Å². The maximum Gasteiger partial charge on any atom is 0.251 e. The smallest absolute Gasteiger partial charge is 0.251 e. The summed E-state index contributed by atoms with van der Waals surface area (Å²) < 4.78 is 2.31. The number of amides is 1. The van der Waals surface area contributed by atoms with Crippen molar-refractivity contribution in [3.05, 3.63) is 65.5 Å². The summed E-state index contributed by atoms with van der Waals surface area (Å²) in [4.78, 5) is 20.1. The summed E-state index contributed by atoms with van der Waals surface area (Å²) in [5.41, 5.74) is 4.11. The number of hydrogen-bond donors (Lipinski definition) is 1. The minimum absolute atomic E-state index is 0.0362. The summed E-state index contributed by atoms with van der Waals surface area (Å²) in [6.07, 6.45) is 5.92. The van der Waals surface area contributed by atoms with Gasteiger partial charge in [-0.2, -0.15) is 0 Å². The molecule has 1 amide bonds. The topological polar surface area (TPSA) is 50.2 Å². The van der Waals surface area contributed by atoms with Gasteiger partial charge in [0.1, 0.15) is 5.82 Å². The number of nitrogens with zero attached hydrogens (tertiary/aromatic N) is 3. The summed E-state index contributed by atoms with van der Waals surface area (Å²) in [6, 6.07) is 17.3. The van der Waals surface area contributed by atoms with Gasteiger partial charge in [0.2, 0.25) is 0 Å². The van der Waals surface area contributed by atoms with E-state index in [1.165, 1.54) is 24.8 Å². The molecule has 2 aliphatic rings. The molecule has 1 aliphatic carbocycles. The van der Waals surface area contributed by atoms with Crippen molar-refractivity contribution in [3.8, 4) is 0 Å². The molecule has 5 rings (SSSR count). The molecule has 2 heterocycles. The zero-order valence-corrected chi connectivity index (χ0v) is 17.7. The van der Waals surface area contributed by atoms with Crippen LogP contribution in [0.2, 0.25) is 0 Å². The van der Waals surface area contributed by atoms with Gasteiger partial charge in [0.15, 0.2) is 0 Å². The molecule has 0 bridgehead atoms. The lowest BCUT2D eigenvalue weighted by Gasteiger charge is -2.33. The van der Waals surface area contributed by atoms with Crippen molar-refractivity contribution in [1.29, 1.82) is 0 Å². The van der Waals surface area contributed by atoms with E-state index < -0.39 is 0 Å². The highest BCUT2D eigenvalue weighted by molar-refractivity contribution is 5.97. The predicted octanol–water partition coefficient (Wildman–Crippen LogP) is 4.68. The third kappa shape index (κ3) is 3.74. The molecule has 0 spiro atoms. The lowest BCUT2D eigenvalue weighted by atomic mass is 9.95. The van der Waals surface area contributed by atoms with Crippen LogP contribution in [-0.4, -0.2) is 32.9 Å². The predicted molar refractivity (Wildman–Crippen MR) is 119 cm³/mol. The standard InChI is InChI=1S/C25H30N4O/c1-18(19-8-4-2-5-9-19)28-14-15-29-23-13-12-20(16-22(23)27-24(29)17-28)25(30)26-21-10-6-3-7-11-21/h2,4-5,8-9,12-13,16,18,21H,3,6-7,10-11,14-15,17H2,1H3,(H,26,30). The van der Waals surface area contributed by atoms with Gasteiger partial charge in [-0.1, -0.05) is 49.6 Å². The van der Waals surface area contributed by atoms with Crippen LogP contribution in [-0.2, 0) is 13.1 Å². The van der Waals surface area contributed by atoms with Crippen LogP contribution < -0.4 is 5.32 Å². The summed E-state index contributed by atoms with van der Waals surface area (Å²) in [5, 5.41) is 3.22. The Balaban J connectivity index is 1.34. The van der Waals surface area contributed by atoms with Crippen LogP contribution in [0.15, 0.2) is 48.5 Å². The van der Waals surface area contributed by atoms with Gasteiger partial charge in [0.25, 0.3) is 5.91 Å². The summed E-state index contributed by atoms with van der Waals surface area (Å²) in [5.74, 6) is 1.12. The fraction of sp³-hybridized carbons (Fsp3) is 0.440. The molecule has 1 fully saturated rings. The van der Waals surface area contributed by atoms with Crippen LogP contribution in [0.25, 0.3) is 11.0 Å². The lowest BCUT2D eigenvalue weighted by Crippen LogP contribution is -2.36. The fourth-order valence-electron chi connectivity index (χ4n) is 4.97. The Morgan fingerprint density at radius 3 is 2.67 bits per heavy atom. The largest absolute Gasteiger partial charge is 0.349 e. The molecule has 5 heteroatoms. The second-order valence-corrected chi connectivity index (χ2v) is 8.75. The Morgan fingerprint density at radius 1 is 1.07 bits per heavy atom. The van der Waals surface area contributed by atoms with Gasteiger partial charge in [0, 0.05) is 30.7 Å². The van der Waals surface area contributed by atoms with Crippen LogP contribution in [0, 0.1) is 0 Å². The van der Waals surface area contributed by atoms with Crippen LogP contribution in [0.3, 0.4) is 0 Å². The second kappa shape index (κ2) is 8.23. The Morgan fingerprint density at radius 2 is 1.87 bits per heavy atom. The van der Waals surface area contributed by atoms with E-state index in [1.807, 2.05) is 12.1 Å². The number of imidazole rings is 1. The van der Waals surface area contributed by atoms with E-state index in [9.17, 15) is 4.79 Å². The molecule has 1 unspecified atom stereocenters. The lowest BCUT2D eigenvalue weighted by molar-refractivity contribution is 0.0928. The first-order valence-electron chi connectivity index (χ1n) is 11.3. The molecule has 1 aliphatic heterocycles. The normalized spacial score (nSPS) is 18.8. The minimum atomic E-state index is 0.0362. The van der Waals surface area contributed by atoms with Gasteiger partial charge >= 0.3 is 0 Å². The Bertz CT molecular complexity index is 1040. The molecule has 0 radical (unpaired) electrons. The van der Waals surface area contributed by atoms with E-state index in [0.717, 1.165) is 54.9 Å². The first-order chi connectivity index (χ1) is 14.7. The average Bonchev–Trinajstić information content (AvgIpc) is 3.16. The van der Waals surface area contributed by atoms with Crippen molar-refractivity contribution >= 4 is 16.9 Å². The van der Waals surface area contributed by atoms with E-state index in [4.69, 9.17) is 4.98 Å².